The number of likely N-dealkylation sites (tertiary alicyclic amines) is 1. The fourth-order valence-corrected chi connectivity index (χ4v) is 3.67. The fourth-order valence-electron chi connectivity index (χ4n) is 2.97. The van der Waals surface area contributed by atoms with Gasteiger partial charge in [-0.1, -0.05) is 19.1 Å². The number of carbonyl (C=O) groups is 1. The first-order valence-electron chi connectivity index (χ1n) is 9.18. The van der Waals surface area contributed by atoms with Crippen LogP contribution in [0.5, 0.6) is 5.75 Å². The summed E-state index contributed by atoms with van der Waals surface area (Å²) in [5, 5.41) is 5.29. The fraction of sp³-hybridized carbons (Fsp3) is 0.400. The summed E-state index contributed by atoms with van der Waals surface area (Å²) in [5.41, 5.74) is 1.67. The summed E-state index contributed by atoms with van der Waals surface area (Å²) in [6, 6.07) is 6.06. The molecule has 1 N–H and O–H groups in total. The average Bonchev–Trinajstić information content (AvgIpc) is 3.09. The summed E-state index contributed by atoms with van der Waals surface area (Å²) in [5.74, 6) is 0.581. The molecule has 1 aromatic heterocycles. The van der Waals surface area contributed by atoms with Crippen LogP contribution in [0.2, 0.25) is 0 Å². The third-order valence-electron chi connectivity index (χ3n) is 4.58. The predicted molar refractivity (Wildman–Crippen MR) is 107 cm³/mol. The molecule has 2 heterocycles. The third kappa shape index (κ3) is 6.38. The maximum absolute atomic E-state index is 12.1. The van der Waals surface area contributed by atoms with Crippen LogP contribution in [-0.4, -0.2) is 35.5 Å². The molecule has 1 aliphatic rings. The Morgan fingerprint density at radius 1 is 1.36 bits per heavy atom. The van der Waals surface area contributed by atoms with Gasteiger partial charge in [-0.25, -0.2) is 4.98 Å². The minimum atomic E-state index is -2.85. The monoisotopic (exact) mass is 407 g/mol. The van der Waals surface area contributed by atoms with Crippen molar-refractivity contribution in [3.05, 3.63) is 47.0 Å². The largest absolute Gasteiger partial charge is 0.435 e. The number of alkyl halides is 2. The first-order valence-corrected chi connectivity index (χ1v) is 10.1. The molecule has 1 fully saturated rings. The standard InChI is InChI=1S/C20H23F2N3O2S/c1-14-8-10-25(11-9-14)12-16-13-28-20(23-16)24-18(26)7-4-15-2-5-17(6-3-15)27-19(21)22/h2-7,13-14,19H,8-12H2,1H3,(H,23,24,26)/b7-4+. The van der Waals surface area contributed by atoms with Gasteiger partial charge in [-0.15, -0.1) is 11.3 Å². The topological polar surface area (TPSA) is 54.5 Å². The van der Waals surface area contributed by atoms with Crippen molar-refractivity contribution in [1.82, 2.24) is 9.88 Å². The van der Waals surface area contributed by atoms with Crippen LogP contribution < -0.4 is 10.1 Å². The van der Waals surface area contributed by atoms with Gasteiger partial charge in [0, 0.05) is 18.0 Å². The van der Waals surface area contributed by atoms with Crippen LogP contribution >= 0.6 is 11.3 Å². The Balaban J connectivity index is 1.48. The lowest BCUT2D eigenvalue weighted by molar-refractivity contribution is -0.111. The molecule has 3 rings (SSSR count). The molecule has 1 amide bonds. The number of rotatable bonds is 7. The second-order valence-corrected chi connectivity index (χ2v) is 7.73. The van der Waals surface area contributed by atoms with Crippen molar-refractivity contribution in [1.29, 1.82) is 0 Å². The smallest absolute Gasteiger partial charge is 0.387 e. The molecule has 0 bridgehead atoms. The van der Waals surface area contributed by atoms with E-state index in [0.29, 0.717) is 10.7 Å². The minimum absolute atomic E-state index is 0.0788. The van der Waals surface area contributed by atoms with E-state index in [1.807, 2.05) is 5.38 Å². The molecule has 1 aromatic carbocycles. The van der Waals surface area contributed by atoms with Gasteiger partial charge in [0.25, 0.3) is 0 Å². The number of amides is 1. The van der Waals surface area contributed by atoms with Crippen molar-refractivity contribution in [2.24, 2.45) is 5.92 Å². The third-order valence-corrected chi connectivity index (χ3v) is 5.38. The highest BCUT2D eigenvalue weighted by Gasteiger charge is 2.16. The van der Waals surface area contributed by atoms with Crippen molar-refractivity contribution >= 4 is 28.5 Å². The predicted octanol–water partition coefficient (Wildman–Crippen LogP) is 4.63. The molecule has 0 aliphatic carbocycles. The van der Waals surface area contributed by atoms with Crippen LogP contribution in [0.1, 0.15) is 31.0 Å². The Hall–Kier alpha value is -2.32. The minimum Gasteiger partial charge on any atom is -0.435 e. The summed E-state index contributed by atoms with van der Waals surface area (Å²) < 4.78 is 28.6. The van der Waals surface area contributed by atoms with Gasteiger partial charge in [0.05, 0.1) is 5.69 Å². The van der Waals surface area contributed by atoms with E-state index in [4.69, 9.17) is 0 Å². The number of ether oxygens (including phenoxy) is 1. The Labute approximate surface area is 167 Å². The maximum Gasteiger partial charge on any atom is 0.387 e. The second kappa shape index (κ2) is 9.75. The lowest BCUT2D eigenvalue weighted by Crippen LogP contribution is -2.32. The van der Waals surface area contributed by atoms with Crippen LogP contribution in [0, 0.1) is 5.92 Å². The van der Waals surface area contributed by atoms with Crippen LogP contribution in [-0.2, 0) is 11.3 Å². The van der Waals surface area contributed by atoms with Gasteiger partial charge in [-0.05, 0) is 55.6 Å². The van der Waals surface area contributed by atoms with Crippen molar-refractivity contribution < 1.29 is 18.3 Å². The number of nitrogens with one attached hydrogen (secondary N) is 1. The molecule has 5 nitrogen and oxygen atoms in total. The molecular formula is C20H23F2N3O2S. The molecule has 0 spiro atoms. The van der Waals surface area contributed by atoms with Crippen molar-refractivity contribution in [2.75, 3.05) is 18.4 Å². The van der Waals surface area contributed by atoms with E-state index in [-0.39, 0.29) is 11.7 Å². The molecule has 2 aromatic rings. The molecular weight excluding hydrogens is 384 g/mol. The summed E-state index contributed by atoms with van der Waals surface area (Å²) in [4.78, 5) is 18.9. The van der Waals surface area contributed by atoms with Crippen LogP contribution in [0.15, 0.2) is 35.7 Å². The van der Waals surface area contributed by atoms with E-state index in [0.717, 1.165) is 31.2 Å². The van der Waals surface area contributed by atoms with Crippen LogP contribution in [0.4, 0.5) is 13.9 Å². The zero-order valence-corrected chi connectivity index (χ0v) is 16.4. The zero-order valence-electron chi connectivity index (χ0n) is 15.6. The van der Waals surface area contributed by atoms with Crippen molar-refractivity contribution in [2.45, 2.75) is 32.9 Å². The average molecular weight is 407 g/mol. The highest BCUT2D eigenvalue weighted by molar-refractivity contribution is 7.13. The molecule has 28 heavy (non-hydrogen) atoms. The maximum atomic E-state index is 12.1. The summed E-state index contributed by atoms with van der Waals surface area (Å²) in [7, 11) is 0. The van der Waals surface area contributed by atoms with Gasteiger partial charge in [0.15, 0.2) is 5.13 Å². The highest BCUT2D eigenvalue weighted by Crippen LogP contribution is 2.21. The first kappa shape index (κ1) is 20.4. The normalized spacial score (nSPS) is 16.0. The van der Waals surface area contributed by atoms with E-state index < -0.39 is 6.61 Å². The Bertz CT molecular complexity index is 800. The molecule has 0 atom stereocenters. The molecule has 1 saturated heterocycles. The summed E-state index contributed by atoms with van der Waals surface area (Å²) in [6.07, 6.45) is 5.42. The Morgan fingerprint density at radius 2 is 2.07 bits per heavy atom. The lowest BCUT2D eigenvalue weighted by Gasteiger charge is -2.29. The number of nitrogens with zero attached hydrogens (tertiary/aromatic N) is 2. The molecule has 8 heteroatoms. The summed E-state index contributed by atoms with van der Waals surface area (Å²) >= 11 is 1.41. The van der Waals surface area contributed by atoms with Crippen molar-refractivity contribution in [3.63, 3.8) is 0 Å². The molecule has 0 unspecified atom stereocenters. The first-order chi connectivity index (χ1) is 13.5. The molecule has 0 saturated carbocycles. The quantitative estimate of drug-likeness (QED) is 0.680. The van der Waals surface area contributed by atoms with Crippen LogP contribution in [0.25, 0.3) is 6.08 Å². The van der Waals surface area contributed by atoms with E-state index in [1.54, 1.807) is 18.2 Å². The zero-order chi connectivity index (χ0) is 19.9. The van der Waals surface area contributed by atoms with Crippen LogP contribution in [0.3, 0.4) is 0 Å². The Morgan fingerprint density at radius 3 is 2.75 bits per heavy atom. The van der Waals surface area contributed by atoms with E-state index in [9.17, 15) is 13.6 Å². The number of anilines is 1. The van der Waals surface area contributed by atoms with E-state index in [1.165, 1.54) is 42.4 Å². The van der Waals surface area contributed by atoms with Crippen molar-refractivity contribution in [3.8, 4) is 5.75 Å². The number of benzene rings is 1. The number of piperidine rings is 1. The number of aromatic nitrogens is 1. The molecule has 0 radical (unpaired) electrons. The van der Waals surface area contributed by atoms with E-state index in [2.05, 4.69) is 26.9 Å². The number of halogens is 2. The summed E-state index contributed by atoms with van der Waals surface area (Å²) in [6.45, 7) is 2.41. The van der Waals surface area contributed by atoms with Gasteiger partial charge in [0.2, 0.25) is 5.91 Å². The second-order valence-electron chi connectivity index (χ2n) is 6.87. The highest BCUT2D eigenvalue weighted by atomic mass is 32.1. The molecule has 150 valence electrons. The van der Waals surface area contributed by atoms with Gasteiger partial charge in [-0.2, -0.15) is 8.78 Å². The SMILES string of the molecule is CC1CCN(Cc2csc(NC(=O)/C=C/c3ccc(OC(F)F)cc3)n2)CC1. The van der Waals surface area contributed by atoms with Gasteiger partial charge >= 0.3 is 6.61 Å². The van der Waals surface area contributed by atoms with Gasteiger partial charge in [0.1, 0.15) is 5.75 Å². The lowest BCUT2D eigenvalue weighted by atomic mass is 9.99. The molecule has 1 aliphatic heterocycles. The number of hydrogen-bond acceptors (Lipinski definition) is 5. The number of hydrogen-bond donors (Lipinski definition) is 1. The van der Waals surface area contributed by atoms with Gasteiger partial charge in [-0.3, -0.25) is 15.0 Å². The van der Waals surface area contributed by atoms with E-state index >= 15 is 0 Å². The number of carbonyl (C=O) groups excluding carboxylic acids is 1. The number of thiazole rings is 1. The van der Waals surface area contributed by atoms with Gasteiger partial charge < -0.3 is 4.74 Å². The Kier molecular flexibility index (Phi) is 7.11.